The predicted molar refractivity (Wildman–Crippen MR) is 325 cm³/mol. The largest absolute Gasteiger partial charge is 0.507 e. The number of likely N-dealkylation sites (tertiary alicyclic amines) is 3. The maximum absolute atomic E-state index is 14.4. The maximum Gasteiger partial charge on any atom is 0.243 e. The van der Waals surface area contributed by atoms with Crippen molar-refractivity contribution in [2.45, 2.75) is 128 Å². The number of benzene rings is 2. The van der Waals surface area contributed by atoms with Crippen LogP contribution in [0.4, 0.5) is 23.0 Å². The fourth-order valence-electron chi connectivity index (χ4n) is 15.0. The SMILES string of the molecule is Cc1ncsc1-c1ccc([C@H](C)NC(=O)[C@@H]2C[C@@H](O)CN2C(=O)[C@@H](c2cc(N3CCC4(CC3)CN(CC3CCN(CC5CC(Oc6cc(N7C8CC[C@@H]7CN(c7cc(-c9ccccc9O)nnc7N)C8)ccn6)C5)CC3)C4)no2)C(C)C)cc1. The highest BCUT2D eigenvalue weighted by molar-refractivity contribution is 7.13. The van der Waals surface area contributed by atoms with Crippen LogP contribution >= 0.6 is 11.3 Å². The van der Waals surface area contributed by atoms with Crippen LogP contribution in [0.1, 0.15) is 108 Å². The molecule has 20 heteroatoms. The number of piperazine rings is 1. The lowest BCUT2D eigenvalue weighted by Gasteiger charge is -2.55. The second-order valence-electron chi connectivity index (χ2n) is 25.9. The Morgan fingerprint density at radius 2 is 1.58 bits per heavy atom. The van der Waals surface area contributed by atoms with Crippen LogP contribution in [0, 0.1) is 30.1 Å². The molecule has 1 spiro atoms. The zero-order valence-corrected chi connectivity index (χ0v) is 49.7. The van der Waals surface area contributed by atoms with Gasteiger partial charge in [0.1, 0.15) is 23.8 Å². The molecule has 84 heavy (non-hydrogen) atoms. The molecule has 6 atom stereocenters. The average Bonchev–Trinajstić information content (AvgIpc) is 2.22. The van der Waals surface area contributed by atoms with Crippen LogP contribution in [0.3, 0.4) is 0 Å². The van der Waals surface area contributed by atoms with E-state index >= 15 is 0 Å². The number of pyridine rings is 1. The van der Waals surface area contributed by atoms with Crippen LogP contribution < -0.4 is 30.5 Å². The van der Waals surface area contributed by atoms with Crippen LogP contribution in [0.5, 0.6) is 11.6 Å². The number of aryl methyl sites for hydroxylation is 1. The number of nitrogens with two attached hydrogens (primary N) is 1. The molecule has 19 nitrogen and oxygen atoms in total. The summed E-state index contributed by atoms with van der Waals surface area (Å²) in [7, 11) is 0. The van der Waals surface area contributed by atoms with Crippen molar-refractivity contribution in [2.75, 3.05) is 92.4 Å². The topological polar surface area (TPSA) is 219 Å². The van der Waals surface area contributed by atoms with Gasteiger partial charge in [-0.3, -0.25) is 9.59 Å². The third kappa shape index (κ3) is 11.5. The zero-order valence-electron chi connectivity index (χ0n) is 48.9. The normalized spacial score (nSPS) is 25.2. The number of β-amino-alcohol motifs (C(OH)–C–C–N with tert-alkyl or cyclic N) is 1. The summed E-state index contributed by atoms with van der Waals surface area (Å²) in [4.78, 5) is 52.6. The van der Waals surface area contributed by atoms with E-state index in [1.54, 1.807) is 28.4 Å². The fourth-order valence-corrected chi connectivity index (χ4v) is 15.8. The first kappa shape index (κ1) is 56.3. The number of thiazole rings is 1. The summed E-state index contributed by atoms with van der Waals surface area (Å²) in [6.07, 6.45) is 10.5. The predicted octanol–water partition coefficient (Wildman–Crippen LogP) is 8.15. The molecule has 13 rings (SSSR count). The van der Waals surface area contributed by atoms with Gasteiger partial charge in [0, 0.05) is 107 Å². The number of hydrogen-bond donors (Lipinski definition) is 4. The lowest BCUT2D eigenvalue weighted by molar-refractivity contribution is -0.141. The summed E-state index contributed by atoms with van der Waals surface area (Å²) in [6.45, 7) is 18.5. The van der Waals surface area contributed by atoms with E-state index in [-0.39, 0.29) is 48.6 Å². The molecular formula is C64H81N13O6S. The minimum atomic E-state index is -0.795. The van der Waals surface area contributed by atoms with Crippen LogP contribution in [0.15, 0.2) is 89.0 Å². The van der Waals surface area contributed by atoms with E-state index in [1.807, 2.05) is 87.9 Å². The van der Waals surface area contributed by atoms with Gasteiger partial charge >= 0.3 is 0 Å². The van der Waals surface area contributed by atoms with E-state index in [1.165, 1.54) is 38.2 Å². The molecule has 1 aliphatic carbocycles. The number of aromatic hydroxyl groups is 1. The molecule has 7 fully saturated rings. The van der Waals surface area contributed by atoms with E-state index in [4.69, 9.17) is 15.0 Å². The Bertz CT molecular complexity index is 3280. The standard InChI is InChI=1S/C64H81N13O6S/c1-39(2)59(63(81)76-35-49(78)28-54(76)62(80)68-40(3)44-9-11-45(12-10-44)60-41(4)67-38-84-60)56-30-57(71-83-56)74-23-18-64(19-24-74)36-73(37-64)31-42-16-21-72(22-17-42)32-43-25-50(26-43)82-58-27-46(15-20-66-58)77-47-13-14-48(77)34-75(33-47)53-29-52(69-70-61(53)65)51-7-5-6-8-55(51)79/h5-12,15,20,27,29-30,38-40,42-43,47-50,54,59,78-79H,13-14,16-19,21-26,28,31-37H2,1-4H3,(H2,65,70)(H,68,80)/t40-,43?,47+,48?,49+,50?,54-,59+/m0/s1. The minimum Gasteiger partial charge on any atom is -0.507 e. The lowest BCUT2D eigenvalue weighted by atomic mass is 9.71. The van der Waals surface area contributed by atoms with Gasteiger partial charge in [0.15, 0.2) is 17.4 Å². The first-order valence-corrected chi connectivity index (χ1v) is 31.6. The molecule has 4 aromatic heterocycles. The van der Waals surface area contributed by atoms with Gasteiger partial charge in [0.05, 0.1) is 39.6 Å². The molecular weight excluding hydrogens is 1080 g/mol. The highest BCUT2D eigenvalue weighted by Gasteiger charge is 2.48. The number of phenolic OH excluding ortho intramolecular Hbond substituents is 1. The van der Waals surface area contributed by atoms with E-state index in [0.29, 0.717) is 52.1 Å². The molecule has 2 amide bonds. The molecule has 2 aromatic carbocycles. The molecule has 6 aliphatic heterocycles. The van der Waals surface area contributed by atoms with Gasteiger partial charge in [-0.1, -0.05) is 55.4 Å². The smallest absolute Gasteiger partial charge is 0.243 e. The third-order valence-corrected chi connectivity index (χ3v) is 20.7. The third-order valence-electron chi connectivity index (χ3n) is 19.7. The minimum absolute atomic E-state index is 0.0937. The molecule has 0 radical (unpaired) electrons. The molecule has 10 heterocycles. The summed E-state index contributed by atoms with van der Waals surface area (Å²) < 4.78 is 12.5. The molecule has 5 N–H and O–H groups in total. The molecule has 6 aromatic rings. The summed E-state index contributed by atoms with van der Waals surface area (Å²) in [5.74, 6) is 2.70. The summed E-state index contributed by atoms with van der Waals surface area (Å²) in [6, 6.07) is 23.0. The molecule has 1 unspecified atom stereocenters. The first-order valence-electron chi connectivity index (χ1n) is 30.7. The van der Waals surface area contributed by atoms with Gasteiger partial charge in [0.25, 0.3) is 0 Å². The Morgan fingerprint density at radius 1 is 0.845 bits per heavy atom. The number of fused-ring (bicyclic) bond motifs is 2. The number of nitrogens with one attached hydrogen (secondary N) is 1. The summed E-state index contributed by atoms with van der Waals surface area (Å²) >= 11 is 1.60. The van der Waals surface area contributed by atoms with Crippen LogP contribution in [-0.2, 0) is 9.59 Å². The number of rotatable bonds is 17. The zero-order chi connectivity index (χ0) is 57.8. The van der Waals surface area contributed by atoms with Gasteiger partial charge in [-0.2, -0.15) is 0 Å². The molecule has 7 aliphatic rings. The van der Waals surface area contributed by atoms with E-state index in [0.717, 1.165) is 123 Å². The quantitative estimate of drug-likeness (QED) is 0.0677. The highest BCUT2D eigenvalue weighted by atomic mass is 32.1. The molecule has 2 bridgehead atoms. The van der Waals surface area contributed by atoms with Crippen LogP contribution in [0.25, 0.3) is 21.7 Å². The molecule has 444 valence electrons. The number of anilines is 4. The second-order valence-corrected chi connectivity index (χ2v) is 26.7. The number of aliphatic hydroxyl groups excluding tert-OH is 1. The number of aromatic nitrogens is 5. The Labute approximate surface area is 496 Å². The number of phenols is 1. The second kappa shape index (κ2) is 23.5. The van der Waals surface area contributed by atoms with Crippen molar-refractivity contribution < 1.29 is 29.1 Å². The molecule has 6 saturated heterocycles. The van der Waals surface area contributed by atoms with E-state index < -0.39 is 18.1 Å². The van der Waals surface area contributed by atoms with Crippen molar-refractivity contribution in [1.82, 2.24) is 45.3 Å². The highest BCUT2D eigenvalue weighted by Crippen LogP contribution is 2.44. The van der Waals surface area contributed by atoms with Crippen molar-refractivity contribution in [1.29, 1.82) is 0 Å². The maximum atomic E-state index is 14.4. The van der Waals surface area contributed by atoms with E-state index in [9.17, 15) is 19.8 Å². The van der Waals surface area contributed by atoms with Gasteiger partial charge in [-0.05, 0) is 137 Å². The van der Waals surface area contributed by atoms with Gasteiger partial charge in [-0.15, -0.1) is 21.5 Å². The van der Waals surface area contributed by atoms with Crippen molar-refractivity contribution in [2.24, 2.45) is 23.2 Å². The van der Waals surface area contributed by atoms with E-state index in [2.05, 4.69) is 67.3 Å². The van der Waals surface area contributed by atoms with Crippen molar-refractivity contribution >= 4 is 46.2 Å². The summed E-state index contributed by atoms with van der Waals surface area (Å²) in [5.41, 5.74) is 14.9. The molecule has 1 saturated carbocycles. The fraction of sp³-hybridized carbons (Fsp3) is 0.547. The number of amides is 2. The Morgan fingerprint density at radius 3 is 2.30 bits per heavy atom. The number of carbonyl (C=O) groups is 2. The Kier molecular flexibility index (Phi) is 15.8. The number of ether oxygens (including phenoxy) is 1. The number of carbonyl (C=O) groups excluding carboxylic acids is 2. The number of nitrogens with zero attached hydrogens (tertiary/aromatic N) is 11. The average molecular weight is 1160 g/mol. The number of hydrogen-bond acceptors (Lipinski definition) is 18. The lowest BCUT2D eigenvalue weighted by Crippen LogP contribution is -2.61. The van der Waals surface area contributed by atoms with Crippen molar-refractivity contribution in [3.63, 3.8) is 0 Å². The Hall–Kier alpha value is -6.87. The van der Waals surface area contributed by atoms with Gasteiger partial charge in [0.2, 0.25) is 17.7 Å². The van der Waals surface area contributed by atoms with Crippen molar-refractivity contribution in [3.8, 4) is 33.3 Å². The number of aliphatic hydroxyl groups is 1. The van der Waals surface area contributed by atoms with Crippen LogP contribution in [0.2, 0.25) is 0 Å². The number of nitrogen functional groups attached to an aromatic ring is 1. The van der Waals surface area contributed by atoms with Crippen molar-refractivity contribution in [3.05, 3.63) is 102 Å². The Balaban J connectivity index is 0.524. The first-order chi connectivity index (χ1) is 40.7. The number of piperidine rings is 2. The van der Waals surface area contributed by atoms with Crippen LogP contribution in [-0.4, -0.2) is 164 Å². The van der Waals surface area contributed by atoms with Gasteiger partial charge in [-0.25, -0.2) is 9.97 Å². The number of para-hydroxylation sites is 1. The van der Waals surface area contributed by atoms with Gasteiger partial charge < -0.3 is 59.9 Å². The monoisotopic (exact) mass is 1160 g/mol. The summed E-state index contributed by atoms with van der Waals surface area (Å²) in [5, 5.41) is 37.5.